The first-order valence-electron chi connectivity index (χ1n) is 21.7. The van der Waals surface area contributed by atoms with Crippen LogP contribution < -0.4 is 26.6 Å². The quantitative estimate of drug-likeness (QED) is 0.0532. The topological polar surface area (TPSA) is 128 Å². The van der Waals surface area contributed by atoms with E-state index < -0.39 is 6.04 Å². The van der Waals surface area contributed by atoms with Crippen molar-refractivity contribution in [1.29, 1.82) is 0 Å². The first-order valence-corrected chi connectivity index (χ1v) is 22.4. The third kappa shape index (κ3) is 18.3. The molecule has 10 heteroatoms. The van der Waals surface area contributed by atoms with Crippen LogP contribution >= 0.6 is 15.9 Å². The number of carbonyl (C=O) groups excluding carboxylic acids is 4. The number of unbranched alkanes of at least 4 members (excludes halogenated alkanes) is 11. The molecule has 0 bridgehead atoms. The van der Waals surface area contributed by atoms with Crippen molar-refractivity contribution in [3.05, 3.63) is 34.5 Å². The van der Waals surface area contributed by atoms with Gasteiger partial charge in [-0.2, -0.15) is 0 Å². The molecule has 306 valence electrons. The van der Waals surface area contributed by atoms with E-state index in [1.54, 1.807) is 0 Å². The molecule has 4 amide bonds. The fourth-order valence-corrected chi connectivity index (χ4v) is 8.41. The Morgan fingerprint density at radius 2 is 1.37 bits per heavy atom. The molecule has 2 aliphatic carbocycles. The van der Waals surface area contributed by atoms with Crippen molar-refractivity contribution < 1.29 is 19.2 Å². The maximum atomic E-state index is 13.4. The van der Waals surface area contributed by atoms with E-state index in [1.165, 1.54) is 51.4 Å². The zero-order valence-electron chi connectivity index (χ0n) is 34.1. The van der Waals surface area contributed by atoms with Crippen LogP contribution in [0.4, 0.5) is 0 Å². The van der Waals surface area contributed by atoms with Crippen LogP contribution in [0.3, 0.4) is 0 Å². The van der Waals surface area contributed by atoms with Gasteiger partial charge in [-0.25, -0.2) is 0 Å². The number of rotatable bonds is 27. The molecule has 1 heterocycles. The minimum Gasteiger partial charge on any atom is -0.384 e. The lowest BCUT2D eigenvalue weighted by molar-refractivity contribution is -0.130. The average molecular weight is 817 g/mol. The zero-order valence-corrected chi connectivity index (χ0v) is 35.7. The Bertz CT molecular complexity index is 1240. The van der Waals surface area contributed by atoms with Crippen LogP contribution in [0.5, 0.6) is 0 Å². The SMILES string of the molecule is CC(C)CCCCCCNC(=O)CCCCCCCCCCCNC(=O)C(CNC(=O)C1CCC(C(C)C)CC1)NC(=O)CC1=CNC2C=CC(Br)=CC12. The Kier molecular flexibility index (Phi) is 22.3. The molecule has 0 aromatic rings. The molecular formula is C44H74BrN5O4. The number of carbonyl (C=O) groups is 4. The zero-order chi connectivity index (χ0) is 39.1. The molecule has 54 heavy (non-hydrogen) atoms. The number of amides is 4. The number of hydrogen-bond donors (Lipinski definition) is 5. The van der Waals surface area contributed by atoms with Crippen molar-refractivity contribution in [3.63, 3.8) is 0 Å². The molecule has 1 saturated carbocycles. The van der Waals surface area contributed by atoms with Crippen LogP contribution in [0.15, 0.2) is 34.5 Å². The van der Waals surface area contributed by atoms with Crippen LogP contribution in [0, 0.1) is 29.6 Å². The van der Waals surface area contributed by atoms with E-state index in [-0.39, 0.29) is 54.5 Å². The Morgan fingerprint density at radius 1 is 0.759 bits per heavy atom. The smallest absolute Gasteiger partial charge is 0.244 e. The number of halogens is 1. The number of hydrogen-bond acceptors (Lipinski definition) is 5. The molecular weight excluding hydrogens is 742 g/mol. The van der Waals surface area contributed by atoms with Gasteiger partial charge in [-0.05, 0) is 74.5 Å². The molecule has 1 aliphatic heterocycles. The monoisotopic (exact) mass is 815 g/mol. The van der Waals surface area contributed by atoms with Gasteiger partial charge in [0.2, 0.25) is 23.6 Å². The van der Waals surface area contributed by atoms with Gasteiger partial charge in [0, 0.05) is 48.8 Å². The Balaban J connectivity index is 1.28. The summed E-state index contributed by atoms with van der Waals surface area (Å²) in [5, 5.41) is 15.4. The molecule has 5 N–H and O–H groups in total. The predicted molar refractivity (Wildman–Crippen MR) is 225 cm³/mol. The summed E-state index contributed by atoms with van der Waals surface area (Å²) in [7, 11) is 0. The number of allylic oxidation sites excluding steroid dienone is 2. The molecule has 0 saturated heterocycles. The lowest BCUT2D eigenvalue weighted by Gasteiger charge is -2.30. The van der Waals surface area contributed by atoms with E-state index in [2.05, 4.69) is 82.4 Å². The highest BCUT2D eigenvalue weighted by atomic mass is 79.9. The van der Waals surface area contributed by atoms with E-state index in [0.29, 0.717) is 24.8 Å². The van der Waals surface area contributed by atoms with Gasteiger partial charge < -0.3 is 26.6 Å². The van der Waals surface area contributed by atoms with Crippen LogP contribution in [-0.2, 0) is 19.2 Å². The van der Waals surface area contributed by atoms with Crippen molar-refractivity contribution in [2.75, 3.05) is 19.6 Å². The summed E-state index contributed by atoms with van der Waals surface area (Å²) in [6, 6.07) is -0.699. The first kappa shape index (κ1) is 45.8. The molecule has 3 rings (SSSR count). The van der Waals surface area contributed by atoms with E-state index in [1.807, 2.05) is 12.3 Å². The molecule has 0 aromatic heterocycles. The summed E-state index contributed by atoms with van der Waals surface area (Å²) in [5.41, 5.74) is 0.972. The summed E-state index contributed by atoms with van der Waals surface area (Å²) >= 11 is 3.55. The van der Waals surface area contributed by atoms with Crippen molar-refractivity contribution in [1.82, 2.24) is 26.6 Å². The highest BCUT2D eigenvalue weighted by molar-refractivity contribution is 9.11. The molecule has 0 radical (unpaired) electrons. The lowest BCUT2D eigenvalue weighted by atomic mass is 9.76. The van der Waals surface area contributed by atoms with E-state index in [0.717, 1.165) is 86.7 Å². The summed E-state index contributed by atoms with van der Waals surface area (Å²) in [4.78, 5) is 51.8. The van der Waals surface area contributed by atoms with E-state index in [9.17, 15) is 19.2 Å². The Morgan fingerprint density at radius 3 is 2.02 bits per heavy atom. The Hall–Kier alpha value is -2.62. The standard InChI is InChI=1S/C44H74BrN5O4/c1-32(2)18-14-11-13-16-26-46-41(51)19-15-10-8-6-5-7-9-12-17-27-47-44(54)40(31-49-43(53)35-22-20-34(21-23-35)33(3)4)50-42(52)28-36-30-48-39-25-24-37(45)29-38(36)39/h24-25,29-30,32-35,38-40,48H,5-23,26-28,31H2,1-4H3,(H,46,51)(H,47,54)(H,49,53)(H,50,52). The summed E-state index contributed by atoms with van der Waals surface area (Å²) in [6.45, 7) is 10.5. The van der Waals surface area contributed by atoms with Gasteiger partial charge in [-0.3, -0.25) is 19.2 Å². The van der Waals surface area contributed by atoms with Crippen LogP contribution in [0.25, 0.3) is 0 Å². The maximum absolute atomic E-state index is 13.4. The third-order valence-corrected chi connectivity index (χ3v) is 12.1. The second kappa shape index (κ2) is 26.3. The van der Waals surface area contributed by atoms with Gasteiger partial charge in [-0.15, -0.1) is 0 Å². The molecule has 3 aliphatic rings. The van der Waals surface area contributed by atoms with Crippen LogP contribution in [0.2, 0.25) is 0 Å². The highest BCUT2D eigenvalue weighted by Crippen LogP contribution is 2.34. The summed E-state index contributed by atoms with van der Waals surface area (Å²) in [6.07, 6.45) is 28.8. The fraction of sp³-hybridized carbons (Fsp3) is 0.773. The largest absolute Gasteiger partial charge is 0.384 e. The molecule has 0 aromatic carbocycles. The Labute approximate surface area is 336 Å². The van der Waals surface area contributed by atoms with Gasteiger partial charge in [0.05, 0.1) is 6.04 Å². The van der Waals surface area contributed by atoms with Gasteiger partial charge in [0.1, 0.15) is 6.04 Å². The predicted octanol–water partition coefficient (Wildman–Crippen LogP) is 8.50. The van der Waals surface area contributed by atoms with Crippen molar-refractivity contribution in [2.45, 2.75) is 168 Å². The maximum Gasteiger partial charge on any atom is 0.244 e. The minimum absolute atomic E-state index is 0.0159. The highest BCUT2D eigenvalue weighted by Gasteiger charge is 2.32. The molecule has 9 nitrogen and oxygen atoms in total. The van der Waals surface area contributed by atoms with Crippen LogP contribution in [-0.4, -0.2) is 55.3 Å². The van der Waals surface area contributed by atoms with E-state index >= 15 is 0 Å². The second-order valence-corrected chi connectivity index (χ2v) is 17.8. The molecule has 0 spiro atoms. The number of fused-ring (bicyclic) bond motifs is 1. The summed E-state index contributed by atoms with van der Waals surface area (Å²) < 4.78 is 0.988. The second-order valence-electron chi connectivity index (χ2n) is 16.9. The normalized spacial score (nSPS) is 21.2. The number of nitrogens with one attached hydrogen (secondary N) is 5. The van der Waals surface area contributed by atoms with Crippen molar-refractivity contribution >= 4 is 39.6 Å². The molecule has 3 unspecified atom stereocenters. The third-order valence-electron chi connectivity index (χ3n) is 11.6. The molecule has 1 fully saturated rings. The minimum atomic E-state index is -0.830. The van der Waals surface area contributed by atoms with Crippen molar-refractivity contribution in [3.8, 4) is 0 Å². The summed E-state index contributed by atoms with van der Waals surface area (Å²) in [5.74, 6) is 1.83. The first-order chi connectivity index (χ1) is 26.0. The van der Waals surface area contributed by atoms with Gasteiger partial charge in [0.15, 0.2) is 0 Å². The average Bonchev–Trinajstić information content (AvgIpc) is 3.53. The van der Waals surface area contributed by atoms with Crippen molar-refractivity contribution in [2.24, 2.45) is 29.6 Å². The lowest BCUT2D eigenvalue weighted by Crippen LogP contribution is -2.53. The van der Waals surface area contributed by atoms with Crippen LogP contribution in [0.1, 0.15) is 156 Å². The van der Waals surface area contributed by atoms with Gasteiger partial charge >= 0.3 is 0 Å². The molecule has 3 atom stereocenters. The van der Waals surface area contributed by atoms with E-state index in [4.69, 9.17) is 0 Å². The van der Waals surface area contributed by atoms with Gasteiger partial charge in [-0.1, -0.05) is 132 Å². The fourth-order valence-electron chi connectivity index (χ4n) is 7.98. The van der Waals surface area contributed by atoms with Gasteiger partial charge in [0.25, 0.3) is 0 Å².